The van der Waals surface area contributed by atoms with Gasteiger partial charge < -0.3 is 47.8 Å². The van der Waals surface area contributed by atoms with E-state index >= 15 is 0 Å². The highest BCUT2D eigenvalue weighted by molar-refractivity contribution is 6.41. The average Bonchev–Trinajstić information content (AvgIpc) is 3.07. The van der Waals surface area contributed by atoms with Gasteiger partial charge in [0, 0.05) is 19.4 Å². The minimum atomic E-state index is -1.49. The Morgan fingerprint density at radius 3 is 2.00 bits per heavy atom. The second kappa shape index (κ2) is 24.1. The van der Waals surface area contributed by atoms with Gasteiger partial charge in [0.2, 0.25) is 35.2 Å². The molecule has 0 aromatic heterocycles. The Hall–Kier alpha value is -4.12. The lowest BCUT2D eigenvalue weighted by Crippen LogP contribution is -2.60. The van der Waals surface area contributed by atoms with Gasteiger partial charge >= 0.3 is 5.97 Å². The monoisotopic (exact) mass is 724 g/mol. The van der Waals surface area contributed by atoms with Crippen molar-refractivity contribution in [3.8, 4) is 0 Å². The number of carbonyl (C=O) groups is 7. The van der Waals surface area contributed by atoms with Gasteiger partial charge in [-0.3, -0.25) is 39.0 Å². The summed E-state index contributed by atoms with van der Waals surface area (Å²) in [4.78, 5) is 91.5. The Balaban J connectivity index is 3.46. The minimum Gasteiger partial charge on any atom is -0.481 e. The highest BCUT2D eigenvalue weighted by Gasteiger charge is 2.36. The summed E-state index contributed by atoms with van der Waals surface area (Å²) in [7, 11) is 0. The molecule has 0 aromatic carbocycles. The van der Waals surface area contributed by atoms with Crippen LogP contribution in [0.3, 0.4) is 0 Å². The molecule has 1 aliphatic rings. The molecular formula is C34H60N8O9. The van der Waals surface area contributed by atoms with E-state index in [0.717, 1.165) is 38.5 Å². The molecule has 0 aliphatic carbocycles. The zero-order valence-electron chi connectivity index (χ0n) is 30.5. The Morgan fingerprint density at radius 2 is 1.41 bits per heavy atom. The van der Waals surface area contributed by atoms with Crippen molar-refractivity contribution >= 4 is 47.1 Å². The van der Waals surface area contributed by atoms with E-state index in [1.165, 1.54) is 6.92 Å². The zero-order valence-corrected chi connectivity index (χ0v) is 30.5. The van der Waals surface area contributed by atoms with Crippen molar-refractivity contribution in [3.63, 3.8) is 0 Å². The number of aliphatic hydroxyl groups is 1. The largest absolute Gasteiger partial charge is 0.481 e. The van der Waals surface area contributed by atoms with Crippen LogP contribution in [0.15, 0.2) is 0 Å². The molecule has 17 nitrogen and oxygen atoms in total. The van der Waals surface area contributed by atoms with E-state index < -0.39 is 89.8 Å². The molecule has 0 radical (unpaired) electrons. The molecule has 0 spiro atoms. The number of carboxylic acids is 1. The quantitative estimate of drug-likeness (QED) is 0.0603. The number of carbonyl (C=O) groups excluding carboxylic acids is 6. The van der Waals surface area contributed by atoms with Crippen molar-refractivity contribution in [1.29, 1.82) is 5.41 Å². The number of amides is 4. The predicted molar refractivity (Wildman–Crippen MR) is 189 cm³/mol. The second-order valence-electron chi connectivity index (χ2n) is 13.3. The highest BCUT2D eigenvalue weighted by Crippen LogP contribution is 2.13. The number of rotatable bonds is 10. The Labute approximate surface area is 300 Å². The van der Waals surface area contributed by atoms with Crippen molar-refractivity contribution < 1.29 is 43.8 Å². The summed E-state index contributed by atoms with van der Waals surface area (Å²) in [6, 6.07) is -6.26. The van der Waals surface area contributed by atoms with Crippen molar-refractivity contribution in [2.45, 2.75) is 147 Å². The molecule has 1 rings (SSSR count). The first-order chi connectivity index (χ1) is 24.1. The molecule has 1 aliphatic heterocycles. The van der Waals surface area contributed by atoms with Crippen LogP contribution in [-0.4, -0.2) is 107 Å². The summed E-state index contributed by atoms with van der Waals surface area (Å²) < 4.78 is 0. The van der Waals surface area contributed by atoms with Gasteiger partial charge in [0.05, 0.1) is 18.2 Å². The van der Waals surface area contributed by atoms with Crippen LogP contribution in [-0.2, 0) is 33.6 Å². The van der Waals surface area contributed by atoms with Crippen LogP contribution in [0.5, 0.6) is 0 Å². The number of nitrogens with two attached hydrogens (primary N) is 1. The van der Waals surface area contributed by atoms with Crippen LogP contribution >= 0.6 is 0 Å². The number of nitrogens with one attached hydrogen (secondary N) is 7. The summed E-state index contributed by atoms with van der Waals surface area (Å²) in [5, 5.41) is 42.8. The van der Waals surface area contributed by atoms with E-state index in [1.54, 1.807) is 20.8 Å². The number of hydrogen-bond acceptors (Lipinski definition) is 10. The highest BCUT2D eigenvalue weighted by atomic mass is 16.4. The van der Waals surface area contributed by atoms with Crippen LogP contribution in [0.1, 0.15) is 111 Å². The van der Waals surface area contributed by atoms with E-state index in [4.69, 9.17) is 11.1 Å². The van der Waals surface area contributed by atoms with Gasteiger partial charge in [-0.05, 0) is 58.4 Å². The number of aliphatic hydroxyl groups excluding tert-OH is 1. The van der Waals surface area contributed by atoms with E-state index in [9.17, 15) is 43.8 Å². The van der Waals surface area contributed by atoms with Gasteiger partial charge in [-0.15, -0.1) is 0 Å². The topological polar surface area (TPSA) is 282 Å². The number of carboxylic acid groups (broad SMARTS) is 1. The normalized spacial score (nSPS) is 25.9. The first-order valence-electron chi connectivity index (χ1n) is 18.1. The predicted octanol–water partition coefficient (Wildman–Crippen LogP) is -0.269. The summed E-state index contributed by atoms with van der Waals surface area (Å²) in [5.41, 5.74) is 5.36. The SMILES string of the molecule is CC[C@H](C)[C@@H]1NC(=O)[C@H](CCCNC(=N)N)NC(=O)C(CCC(=O)O)NC(=O)[C@H]([C@@H](C)O)NC(=O)CCCCCCCCCNC(C)C(=O)C1=O. The van der Waals surface area contributed by atoms with Gasteiger partial charge in [0.1, 0.15) is 18.1 Å². The molecule has 7 atom stereocenters. The van der Waals surface area contributed by atoms with E-state index in [0.29, 0.717) is 19.4 Å². The Bertz CT molecular complexity index is 1200. The lowest BCUT2D eigenvalue weighted by atomic mass is 9.91. The first-order valence-corrected chi connectivity index (χ1v) is 18.1. The van der Waals surface area contributed by atoms with Crippen molar-refractivity contribution in [3.05, 3.63) is 0 Å². The van der Waals surface area contributed by atoms with Crippen molar-refractivity contribution in [1.82, 2.24) is 31.9 Å². The Morgan fingerprint density at radius 1 is 0.843 bits per heavy atom. The fourth-order valence-corrected chi connectivity index (χ4v) is 5.55. The third-order valence-corrected chi connectivity index (χ3v) is 8.94. The van der Waals surface area contributed by atoms with Crippen LogP contribution in [0.25, 0.3) is 0 Å². The van der Waals surface area contributed by atoms with E-state index in [-0.39, 0.29) is 38.2 Å². The molecule has 0 bridgehead atoms. The maximum atomic E-state index is 13.7. The lowest BCUT2D eigenvalue weighted by molar-refractivity contribution is -0.141. The standard InChI is InChI=1S/C34H60N8O9/c1-5-20(2)27-30(48)29(47)21(3)37-18-12-10-8-6-7-9-11-15-25(44)41-28(22(4)43)33(51)40-24(16-17-26(45)46)31(49)39-23(32(50)42-27)14-13-19-38-34(35)36/h20-24,27-28,37,43H,5-19H2,1-4H3,(H,39,49)(H,40,51)(H,41,44)(H,42,50)(H,45,46)(H4,35,36,38)/t20-,21?,22+,23-,24?,27-,28-/m0/s1. The van der Waals surface area contributed by atoms with Crippen LogP contribution in [0.4, 0.5) is 0 Å². The molecule has 290 valence electrons. The Kier molecular flexibility index (Phi) is 21.2. The maximum absolute atomic E-state index is 13.7. The third kappa shape index (κ3) is 17.6. The van der Waals surface area contributed by atoms with Gasteiger partial charge in [-0.25, -0.2) is 0 Å². The second-order valence-corrected chi connectivity index (χ2v) is 13.3. The number of Topliss-reactive ketones (excluding diaryl/α,β-unsaturated/α-hetero) is 2. The lowest BCUT2D eigenvalue weighted by Gasteiger charge is -2.28. The van der Waals surface area contributed by atoms with E-state index in [1.807, 2.05) is 0 Å². The molecule has 17 heteroatoms. The summed E-state index contributed by atoms with van der Waals surface area (Å²) >= 11 is 0. The third-order valence-electron chi connectivity index (χ3n) is 8.94. The molecule has 51 heavy (non-hydrogen) atoms. The van der Waals surface area contributed by atoms with Crippen LogP contribution in [0.2, 0.25) is 0 Å². The number of aliphatic carboxylic acids is 1. The molecule has 1 fully saturated rings. The fourth-order valence-electron chi connectivity index (χ4n) is 5.55. The van der Waals surface area contributed by atoms with Crippen molar-refractivity contribution in [2.24, 2.45) is 11.7 Å². The molecule has 4 amide bonds. The van der Waals surface area contributed by atoms with Crippen LogP contribution in [0, 0.1) is 11.3 Å². The molecular weight excluding hydrogens is 664 g/mol. The molecule has 11 N–H and O–H groups in total. The minimum absolute atomic E-state index is 0.0306. The summed E-state index contributed by atoms with van der Waals surface area (Å²) in [6.45, 7) is 7.07. The molecule has 1 saturated heterocycles. The number of ketones is 2. The van der Waals surface area contributed by atoms with E-state index in [2.05, 4.69) is 31.9 Å². The molecule has 0 saturated carbocycles. The maximum Gasteiger partial charge on any atom is 0.303 e. The molecule has 0 aromatic rings. The number of guanidine groups is 1. The zero-order chi connectivity index (χ0) is 38.5. The van der Waals surface area contributed by atoms with Crippen LogP contribution < -0.4 is 37.6 Å². The molecule has 1 heterocycles. The fraction of sp³-hybridized carbons (Fsp3) is 0.765. The van der Waals surface area contributed by atoms with Gasteiger partial charge in [0.15, 0.2) is 5.96 Å². The summed E-state index contributed by atoms with van der Waals surface area (Å²) in [5.74, 6) is -6.61. The number of hydrogen-bond donors (Lipinski definition) is 10. The van der Waals surface area contributed by atoms with Gasteiger partial charge in [-0.2, -0.15) is 0 Å². The van der Waals surface area contributed by atoms with Crippen molar-refractivity contribution in [2.75, 3.05) is 13.1 Å². The van der Waals surface area contributed by atoms with Gasteiger partial charge in [0.25, 0.3) is 0 Å². The average molecular weight is 725 g/mol. The summed E-state index contributed by atoms with van der Waals surface area (Å²) in [6.07, 6.45) is 4.25. The van der Waals surface area contributed by atoms with Gasteiger partial charge in [-0.1, -0.05) is 52.4 Å². The first kappa shape index (κ1) is 44.9. The molecule has 2 unspecified atom stereocenters. The smallest absolute Gasteiger partial charge is 0.303 e.